The summed E-state index contributed by atoms with van der Waals surface area (Å²) in [6, 6.07) is 5.54. The summed E-state index contributed by atoms with van der Waals surface area (Å²) < 4.78 is 16.1. The highest BCUT2D eigenvalue weighted by molar-refractivity contribution is 7.08. The predicted octanol–water partition coefficient (Wildman–Crippen LogP) is 2.65. The minimum Gasteiger partial charge on any atom is -0.484 e. The number of hydrogen-bond acceptors (Lipinski definition) is 6. The molecule has 1 aromatic carbocycles. The summed E-state index contributed by atoms with van der Waals surface area (Å²) in [5, 5.41) is 3.71. The first-order valence-corrected chi connectivity index (χ1v) is 7.56. The second-order valence-electron chi connectivity index (χ2n) is 4.55. The zero-order valence-corrected chi connectivity index (χ0v) is 12.3. The van der Waals surface area contributed by atoms with Crippen LogP contribution in [0.25, 0.3) is 11.1 Å². The summed E-state index contributed by atoms with van der Waals surface area (Å²) in [4.78, 5) is 11.9. The van der Waals surface area contributed by atoms with E-state index in [0.717, 1.165) is 11.1 Å². The topological polar surface area (TPSA) is 70.8 Å². The highest BCUT2D eigenvalue weighted by Crippen LogP contribution is 2.37. The van der Waals surface area contributed by atoms with Crippen molar-refractivity contribution >= 4 is 17.3 Å². The number of fused-ring (bicyclic) bond motifs is 1. The lowest BCUT2D eigenvalue weighted by molar-refractivity contribution is 0.0528. The standard InChI is InChI=1S/C15H15NO4S/c1-2-18-15(17)11-8-21-7-10(11)9-3-4-12-13(5-9)19-6-14(16)20-12/h3-5,7-8,14H,2,6,16H2,1H3. The van der Waals surface area contributed by atoms with E-state index in [0.29, 0.717) is 30.3 Å². The molecule has 0 fully saturated rings. The summed E-state index contributed by atoms with van der Waals surface area (Å²) in [5.74, 6) is 0.936. The van der Waals surface area contributed by atoms with Crippen molar-refractivity contribution in [2.45, 2.75) is 13.2 Å². The molecular formula is C15H15NO4S. The quantitative estimate of drug-likeness (QED) is 0.883. The van der Waals surface area contributed by atoms with Gasteiger partial charge in [-0.1, -0.05) is 6.07 Å². The minimum absolute atomic E-state index is 0.310. The van der Waals surface area contributed by atoms with Crippen molar-refractivity contribution in [3.8, 4) is 22.6 Å². The van der Waals surface area contributed by atoms with E-state index in [1.165, 1.54) is 11.3 Å². The number of thiophene rings is 1. The first-order valence-electron chi connectivity index (χ1n) is 6.62. The molecule has 0 saturated heterocycles. The molecule has 1 aromatic heterocycles. The third kappa shape index (κ3) is 2.72. The molecule has 2 N–H and O–H groups in total. The first kappa shape index (κ1) is 13.9. The number of carbonyl (C=O) groups excluding carboxylic acids is 1. The van der Waals surface area contributed by atoms with Gasteiger partial charge in [0.15, 0.2) is 17.7 Å². The van der Waals surface area contributed by atoms with Crippen molar-refractivity contribution in [2.75, 3.05) is 13.2 Å². The lowest BCUT2D eigenvalue weighted by Crippen LogP contribution is -2.36. The Kier molecular flexibility index (Phi) is 3.81. The van der Waals surface area contributed by atoms with Crippen LogP contribution in [0.1, 0.15) is 17.3 Å². The van der Waals surface area contributed by atoms with Crippen LogP contribution >= 0.6 is 11.3 Å². The molecule has 110 valence electrons. The maximum absolute atomic E-state index is 11.9. The van der Waals surface area contributed by atoms with E-state index in [1.54, 1.807) is 18.4 Å². The number of hydrogen-bond donors (Lipinski definition) is 1. The van der Waals surface area contributed by atoms with Crippen LogP contribution in [0.4, 0.5) is 0 Å². The number of nitrogens with two attached hydrogens (primary N) is 1. The van der Waals surface area contributed by atoms with Crippen LogP contribution in [0.15, 0.2) is 29.0 Å². The van der Waals surface area contributed by atoms with Crippen LogP contribution in [0, 0.1) is 0 Å². The van der Waals surface area contributed by atoms with Crippen LogP contribution < -0.4 is 15.2 Å². The Morgan fingerprint density at radius 1 is 1.43 bits per heavy atom. The molecule has 5 nitrogen and oxygen atoms in total. The van der Waals surface area contributed by atoms with Gasteiger partial charge in [-0.3, -0.25) is 5.73 Å². The monoisotopic (exact) mass is 305 g/mol. The minimum atomic E-state index is -0.445. The van der Waals surface area contributed by atoms with Gasteiger partial charge in [-0.15, -0.1) is 0 Å². The molecule has 2 aromatic rings. The highest BCUT2D eigenvalue weighted by atomic mass is 32.1. The zero-order valence-electron chi connectivity index (χ0n) is 11.5. The normalized spacial score (nSPS) is 16.6. The molecule has 1 aliphatic heterocycles. The second kappa shape index (κ2) is 5.75. The van der Waals surface area contributed by atoms with Gasteiger partial charge in [0.05, 0.1) is 12.2 Å². The number of rotatable bonds is 3. The smallest absolute Gasteiger partial charge is 0.339 e. The average Bonchev–Trinajstić information content (AvgIpc) is 2.96. The number of carbonyl (C=O) groups is 1. The van der Waals surface area contributed by atoms with Gasteiger partial charge in [0.1, 0.15) is 6.61 Å². The van der Waals surface area contributed by atoms with Crippen molar-refractivity contribution < 1.29 is 19.0 Å². The zero-order chi connectivity index (χ0) is 14.8. The van der Waals surface area contributed by atoms with E-state index < -0.39 is 6.23 Å². The third-order valence-electron chi connectivity index (χ3n) is 3.09. The average molecular weight is 305 g/mol. The molecule has 0 spiro atoms. The number of benzene rings is 1. The Balaban J connectivity index is 1.95. The van der Waals surface area contributed by atoms with Crippen LogP contribution in [-0.4, -0.2) is 25.4 Å². The molecule has 0 saturated carbocycles. The molecule has 0 amide bonds. The third-order valence-corrected chi connectivity index (χ3v) is 3.84. The van der Waals surface area contributed by atoms with Gasteiger partial charge >= 0.3 is 5.97 Å². The van der Waals surface area contributed by atoms with E-state index in [1.807, 2.05) is 17.5 Å². The van der Waals surface area contributed by atoms with Crippen LogP contribution in [0.2, 0.25) is 0 Å². The van der Waals surface area contributed by atoms with Crippen LogP contribution in [0.5, 0.6) is 11.5 Å². The van der Waals surface area contributed by atoms with Gasteiger partial charge in [0.2, 0.25) is 0 Å². The maximum Gasteiger partial charge on any atom is 0.339 e. The fourth-order valence-electron chi connectivity index (χ4n) is 2.14. The Labute approximate surface area is 126 Å². The van der Waals surface area contributed by atoms with Crippen LogP contribution in [-0.2, 0) is 4.74 Å². The Morgan fingerprint density at radius 3 is 3.10 bits per heavy atom. The SMILES string of the molecule is CCOC(=O)c1cscc1-c1ccc2c(c1)OCC(N)O2. The molecule has 1 aliphatic rings. The van der Waals surface area contributed by atoms with Crippen molar-refractivity contribution in [2.24, 2.45) is 5.73 Å². The van der Waals surface area contributed by atoms with E-state index in [-0.39, 0.29) is 5.97 Å². The van der Waals surface area contributed by atoms with Crippen LogP contribution in [0.3, 0.4) is 0 Å². The lowest BCUT2D eigenvalue weighted by Gasteiger charge is -2.24. The van der Waals surface area contributed by atoms with Gasteiger partial charge < -0.3 is 14.2 Å². The molecular weight excluding hydrogens is 290 g/mol. The molecule has 1 unspecified atom stereocenters. The molecule has 2 heterocycles. The molecule has 6 heteroatoms. The highest BCUT2D eigenvalue weighted by Gasteiger charge is 2.20. The van der Waals surface area contributed by atoms with Crippen molar-refractivity contribution in [1.29, 1.82) is 0 Å². The molecule has 0 bridgehead atoms. The second-order valence-corrected chi connectivity index (χ2v) is 5.29. The van der Waals surface area contributed by atoms with Crippen molar-refractivity contribution in [3.05, 3.63) is 34.5 Å². The van der Waals surface area contributed by atoms with Gasteiger partial charge in [-0.2, -0.15) is 11.3 Å². The van der Waals surface area contributed by atoms with E-state index in [9.17, 15) is 4.79 Å². The summed E-state index contributed by atoms with van der Waals surface area (Å²) >= 11 is 1.46. The summed E-state index contributed by atoms with van der Waals surface area (Å²) in [5.41, 5.74) is 7.96. The maximum atomic E-state index is 11.9. The fourth-order valence-corrected chi connectivity index (χ4v) is 2.97. The van der Waals surface area contributed by atoms with Gasteiger partial charge in [-0.05, 0) is 30.0 Å². The van der Waals surface area contributed by atoms with E-state index >= 15 is 0 Å². The van der Waals surface area contributed by atoms with Gasteiger partial charge in [0, 0.05) is 10.9 Å². The Hall–Kier alpha value is -2.05. The first-order chi connectivity index (χ1) is 10.2. The number of ether oxygens (including phenoxy) is 3. The summed E-state index contributed by atoms with van der Waals surface area (Å²) in [6.45, 7) is 2.45. The molecule has 0 aliphatic carbocycles. The summed E-state index contributed by atoms with van der Waals surface area (Å²) in [6.07, 6.45) is -0.445. The molecule has 3 rings (SSSR count). The Bertz CT molecular complexity index is 667. The lowest BCUT2D eigenvalue weighted by atomic mass is 10.0. The number of esters is 1. The Morgan fingerprint density at radius 2 is 2.29 bits per heavy atom. The van der Waals surface area contributed by atoms with Crippen molar-refractivity contribution in [3.63, 3.8) is 0 Å². The predicted molar refractivity (Wildman–Crippen MR) is 79.8 cm³/mol. The van der Waals surface area contributed by atoms with E-state index in [4.69, 9.17) is 19.9 Å². The molecule has 1 atom stereocenters. The fraction of sp³-hybridized carbons (Fsp3) is 0.267. The van der Waals surface area contributed by atoms with Gasteiger partial charge in [0.25, 0.3) is 0 Å². The van der Waals surface area contributed by atoms with Gasteiger partial charge in [-0.25, -0.2) is 4.79 Å². The summed E-state index contributed by atoms with van der Waals surface area (Å²) in [7, 11) is 0. The van der Waals surface area contributed by atoms with Crippen molar-refractivity contribution in [1.82, 2.24) is 0 Å². The molecule has 0 radical (unpaired) electrons. The van der Waals surface area contributed by atoms with E-state index in [2.05, 4.69) is 0 Å². The largest absolute Gasteiger partial charge is 0.484 e. The molecule has 21 heavy (non-hydrogen) atoms.